The first kappa shape index (κ1) is 17.6. The van der Waals surface area contributed by atoms with E-state index in [9.17, 15) is 9.90 Å². The number of likely N-dealkylation sites (N-methyl/N-ethyl adjacent to an activating group) is 1. The highest BCUT2D eigenvalue weighted by Gasteiger charge is 2.46. The van der Waals surface area contributed by atoms with Crippen molar-refractivity contribution in [1.82, 2.24) is 4.90 Å². The van der Waals surface area contributed by atoms with Crippen LogP contribution in [-0.4, -0.2) is 41.7 Å². The summed E-state index contributed by atoms with van der Waals surface area (Å²) in [5.41, 5.74) is -0.172. The van der Waals surface area contributed by atoms with Crippen molar-refractivity contribution in [2.45, 2.75) is 31.5 Å². The van der Waals surface area contributed by atoms with Crippen LogP contribution in [-0.2, 0) is 15.1 Å². The Labute approximate surface area is 149 Å². The fourth-order valence-corrected chi connectivity index (χ4v) is 3.59. The molecule has 25 heavy (non-hydrogen) atoms. The van der Waals surface area contributed by atoms with Crippen LogP contribution in [0.15, 0.2) is 60.7 Å². The second kappa shape index (κ2) is 7.81. The number of likely N-dealkylation sites (tertiary alicyclic amines) is 1. The number of carboxylic acid groups (broad SMARTS) is 1. The van der Waals surface area contributed by atoms with E-state index >= 15 is 0 Å². The number of carboxylic acids is 1. The third-order valence-electron chi connectivity index (χ3n) is 4.91. The SMILES string of the molecule is CCN1CCCC(OC(C(=O)O)(c2ccccc2)c2ccccc2)C1. The van der Waals surface area contributed by atoms with Crippen LogP contribution in [0, 0.1) is 0 Å². The van der Waals surface area contributed by atoms with E-state index in [1.807, 2.05) is 60.7 Å². The van der Waals surface area contributed by atoms with E-state index in [1.54, 1.807) is 0 Å². The van der Waals surface area contributed by atoms with E-state index < -0.39 is 11.6 Å². The summed E-state index contributed by atoms with van der Waals surface area (Å²) < 4.78 is 6.40. The zero-order valence-corrected chi connectivity index (χ0v) is 14.6. The van der Waals surface area contributed by atoms with Gasteiger partial charge in [-0.15, -0.1) is 0 Å². The maximum absolute atomic E-state index is 12.5. The molecule has 1 saturated heterocycles. The van der Waals surface area contributed by atoms with Crippen molar-refractivity contribution in [2.75, 3.05) is 19.6 Å². The summed E-state index contributed by atoms with van der Waals surface area (Å²) in [6, 6.07) is 18.6. The molecule has 1 atom stereocenters. The highest BCUT2D eigenvalue weighted by molar-refractivity contribution is 5.84. The Kier molecular flexibility index (Phi) is 5.51. The molecule has 1 aliphatic rings. The molecule has 1 heterocycles. The number of hydrogen-bond donors (Lipinski definition) is 1. The van der Waals surface area contributed by atoms with Gasteiger partial charge in [0.25, 0.3) is 0 Å². The van der Waals surface area contributed by atoms with Crippen LogP contribution in [0.1, 0.15) is 30.9 Å². The van der Waals surface area contributed by atoms with E-state index in [4.69, 9.17) is 4.74 Å². The summed E-state index contributed by atoms with van der Waals surface area (Å²) in [5.74, 6) is -0.974. The quantitative estimate of drug-likeness (QED) is 0.875. The number of hydrogen-bond acceptors (Lipinski definition) is 3. The van der Waals surface area contributed by atoms with Gasteiger partial charge in [-0.2, -0.15) is 0 Å². The predicted molar refractivity (Wildman–Crippen MR) is 97.5 cm³/mol. The van der Waals surface area contributed by atoms with Gasteiger partial charge < -0.3 is 14.7 Å². The number of ether oxygens (including phenoxy) is 1. The van der Waals surface area contributed by atoms with Gasteiger partial charge in [-0.1, -0.05) is 67.6 Å². The number of aliphatic carboxylic acids is 1. The lowest BCUT2D eigenvalue weighted by Crippen LogP contribution is -2.48. The molecule has 0 saturated carbocycles. The van der Waals surface area contributed by atoms with Crippen molar-refractivity contribution >= 4 is 5.97 Å². The summed E-state index contributed by atoms with van der Waals surface area (Å²) in [5, 5.41) is 10.2. The van der Waals surface area contributed by atoms with Crippen molar-refractivity contribution in [3.05, 3.63) is 71.8 Å². The molecule has 0 bridgehead atoms. The second-order valence-corrected chi connectivity index (χ2v) is 6.49. The first-order valence-corrected chi connectivity index (χ1v) is 8.91. The summed E-state index contributed by atoms with van der Waals surface area (Å²) in [6.07, 6.45) is 1.80. The lowest BCUT2D eigenvalue weighted by Gasteiger charge is -2.39. The Balaban J connectivity index is 2.03. The van der Waals surface area contributed by atoms with Crippen LogP contribution in [0.2, 0.25) is 0 Å². The molecule has 1 N–H and O–H groups in total. The summed E-state index contributed by atoms with van der Waals surface area (Å²) in [6.45, 7) is 4.90. The average molecular weight is 339 g/mol. The minimum Gasteiger partial charge on any atom is -0.479 e. The Hall–Kier alpha value is -2.17. The van der Waals surface area contributed by atoms with Crippen LogP contribution < -0.4 is 0 Å². The Morgan fingerprint density at radius 3 is 2.16 bits per heavy atom. The van der Waals surface area contributed by atoms with Crippen LogP contribution in [0.3, 0.4) is 0 Å². The van der Waals surface area contributed by atoms with Crippen molar-refractivity contribution in [2.24, 2.45) is 0 Å². The van der Waals surface area contributed by atoms with Gasteiger partial charge in [0.2, 0.25) is 5.60 Å². The van der Waals surface area contributed by atoms with Crippen molar-refractivity contribution in [3.8, 4) is 0 Å². The van der Waals surface area contributed by atoms with Crippen molar-refractivity contribution in [3.63, 3.8) is 0 Å². The van der Waals surface area contributed by atoms with Gasteiger partial charge in [-0.3, -0.25) is 0 Å². The molecule has 0 aromatic heterocycles. The fourth-order valence-electron chi connectivity index (χ4n) is 3.59. The number of rotatable bonds is 6. The molecule has 132 valence electrons. The van der Waals surface area contributed by atoms with E-state index in [-0.39, 0.29) is 6.10 Å². The third-order valence-corrected chi connectivity index (χ3v) is 4.91. The number of nitrogens with zero attached hydrogens (tertiary/aromatic N) is 1. The van der Waals surface area contributed by atoms with Crippen molar-refractivity contribution in [1.29, 1.82) is 0 Å². The van der Waals surface area contributed by atoms with Crippen molar-refractivity contribution < 1.29 is 14.6 Å². The normalized spacial score (nSPS) is 18.8. The fraction of sp³-hybridized carbons (Fsp3) is 0.381. The smallest absolute Gasteiger partial charge is 0.345 e. The number of benzene rings is 2. The molecule has 1 fully saturated rings. The van der Waals surface area contributed by atoms with Gasteiger partial charge in [-0.05, 0) is 37.1 Å². The zero-order chi connectivity index (χ0) is 17.7. The van der Waals surface area contributed by atoms with E-state index in [2.05, 4.69) is 11.8 Å². The summed E-state index contributed by atoms with van der Waals surface area (Å²) in [4.78, 5) is 14.8. The molecule has 0 spiro atoms. The Morgan fingerprint density at radius 1 is 1.12 bits per heavy atom. The standard InChI is InChI=1S/C21H25NO3/c1-2-22-15-9-14-19(16-22)25-21(20(23)24,17-10-5-3-6-11-17)18-12-7-4-8-13-18/h3-8,10-13,19H,2,9,14-16H2,1H3,(H,23,24). The Bertz CT molecular complexity index is 647. The first-order chi connectivity index (χ1) is 12.2. The molecule has 4 heteroatoms. The average Bonchev–Trinajstić information content (AvgIpc) is 2.67. The predicted octanol–water partition coefficient (Wildman–Crippen LogP) is 3.52. The zero-order valence-electron chi connectivity index (χ0n) is 14.6. The molecular weight excluding hydrogens is 314 g/mol. The highest BCUT2D eigenvalue weighted by atomic mass is 16.5. The van der Waals surface area contributed by atoms with E-state index in [0.29, 0.717) is 11.1 Å². The molecular formula is C21H25NO3. The van der Waals surface area contributed by atoms with Crippen LogP contribution in [0.5, 0.6) is 0 Å². The second-order valence-electron chi connectivity index (χ2n) is 6.49. The molecule has 2 aromatic carbocycles. The number of carbonyl (C=O) groups is 1. The molecule has 0 amide bonds. The summed E-state index contributed by atoms with van der Waals surface area (Å²) in [7, 11) is 0. The molecule has 2 aromatic rings. The molecule has 0 radical (unpaired) electrons. The number of piperidine rings is 1. The van der Waals surface area contributed by atoms with Gasteiger partial charge in [0.1, 0.15) is 0 Å². The Morgan fingerprint density at radius 2 is 1.68 bits per heavy atom. The molecule has 0 aliphatic carbocycles. The monoisotopic (exact) mass is 339 g/mol. The van der Waals surface area contributed by atoms with E-state index in [1.165, 1.54) is 0 Å². The highest BCUT2D eigenvalue weighted by Crippen LogP contribution is 2.36. The first-order valence-electron chi connectivity index (χ1n) is 8.91. The van der Waals surface area contributed by atoms with E-state index in [0.717, 1.165) is 32.5 Å². The summed E-state index contributed by atoms with van der Waals surface area (Å²) >= 11 is 0. The molecule has 1 aliphatic heterocycles. The van der Waals surface area contributed by atoms with Crippen LogP contribution >= 0.6 is 0 Å². The topological polar surface area (TPSA) is 49.8 Å². The molecule has 1 unspecified atom stereocenters. The minimum absolute atomic E-state index is 0.106. The lowest BCUT2D eigenvalue weighted by atomic mass is 9.85. The maximum atomic E-state index is 12.5. The third kappa shape index (κ3) is 3.60. The molecule has 3 rings (SSSR count). The molecule has 4 nitrogen and oxygen atoms in total. The lowest BCUT2D eigenvalue weighted by molar-refractivity contribution is -0.172. The van der Waals surface area contributed by atoms with Gasteiger partial charge in [0, 0.05) is 6.54 Å². The maximum Gasteiger partial charge on any atom is 0.345 e. The van der Waals surface area contributed by atoms with Gasteiger partial charge in [-0.25, -0.2) is 4.79 Å². The van der Waals surface area contributed by atoms with Crippen LogP contribution in [0.4, 0.5) is 0 Å². The largest absolute Gasteiger partial charge is 0.479 e. The van der Waals surface area contributed by atoms with Gasteiger partial charge in [0.15, 0.2) is 0 Å². The van der Waals surface area contributed by atoms with Crippen LogP contribution in [0.25, 0.3) is 0 Å². The van der Waals surface area contributed by atoms with Gasteiger partial charge >= 0.3 is 5.97 Å². The van der Waals surface area contributed by atoms with Gasteiger partial charge in [0.05, 0.1) is 6.10 Å². The minimum atomic E-state index is -1.48.